The van der Waals surface area contributed by atoms with Gasteiger partial charge in [0.05, 0.1) is 21.7 Å². The third-order valence-corrected chi connectivity index (χ3v) is 6.09. The van der Waals surface area contributed by atoms with E-state index in [9.17, 15) is 13.2 Å². The molecule has 1 aromatic carbocycles. The van der Waals surface area contributed by atoms with Gasteiger partial charge in [0.15, 0.2) is 5.78 Å². The van der Waals surface area contributed by atoms with Crippen molar-refractivity contribution in [1.29, 1.82) is 0 Å². The lowest BCUT2D eigenvalue weighted by Crippen LogP contribution is -2.14. The van der Waals surface area contributed by atoms with E-state index in [1.54, 1.807) is 35.6 Å². The SMILES string of the molecule is CC(Sc1ncnc2ccsc12)C(=O)c1ccc(NS(C)(=O)=O)cc1. The summed E-state index contributed by atoms with van der Waals surface area (Å²) in [5.41, 5.74) is 1.82. The Morgan fingerprint density at radius 3 is 2.60 bits per heavy atom. The second-order valence-corrected chi connectivity index (χ2v) is 9.38. The minimum atomic E-state index is -3.33. The van der Waals surface area contributed by atoms with Crippen molar-refractivity contribution in [3.63, 3.8) is 0 Å². The Morgan fingerprint density at radius 2 is 1.92 bits per heavy atom. The van der Waals surface area contributed by atoms with Crippen LogP contribution in [0.25, 0.3) is 10.2 Å². The number of carbonyl (C=O) groups is 1. The number of ketones is 1. The van der Waals surface area contributed by atoms with Crippen molar-refractivity contribution in [1.82, 2.24) is 9.97 Å². The Kier molecular flexibility index (Phi) is 5.07. The average Bonchev–Trinajstić information content (AvgIpc) is 3.03. The van der Waals surface area contributed by atoms with Crippen LogP contribution in [-0.2, 0) is 10.0 Å². The van der Waals surface area contributed by atoms with Crippen LogP contribution in [0.2, 0.25) is 0 Å². The largest absolute Gasteiger partial charge is 0.293 e. The van der Waals surface area contributed by atoms with E-state index in [2.05, 4.69) is 14.7 Å². The molecule has 9 heteroatoms. The molecule has 2 heterocycles. The number of thiophene rings is 1. The van der Waals surface area contributed by atoms with Crippen LogP contribution in [0.4, 0.5) is 5.69 Å². The van der Waals surface area contributed by atoms with Gasteiger partial charge < -0.3 is 0 Å². The molecular weight excluding hydrogens is 378 g/mol. The van der Waals surface area contributed by atoms with E-state index in [1.807, 2.05) is 18.4 Å². The Labute approximate surface area is 153 Å². The van der Waals surface area contributed by atoms with Gasteiger partial charge in [-0.15, -0.1) is 11.3 Å². The molecule has 2 aromatic heterocycles. The topological polar surface area (TPSA) is 89.0 Å². The van der Waals surface area contributed by atoms with Crippen LogP contribution in [-0.4, -0.2) is 35.7 Å². The molecule has 0 aliphatic heterocycles. The van der Waals surface area contributed by atoms with Crippen molar-refractivity contribution in [2.45, 2.75) is 17.2 Å². The highest BCUT2D eigenvalue weighted by Gasteiger charge is 2.19. The number of carbonyl (C=O) groups excluding carboxylic acids is 1. The monoisotopic (exact) mass is 393 g/mol. The summed E-state index contributed by atoms with van der Waals surface area (Å²) in [5, 5.41) is 2.41. The third kappa shape index (κ3) is 4.36. The number of nitrogens with zero attached hydrogens (tertiary/aromatic N) is 2. The fourth-order valence-electron chi connectivity index (χ4n) is 2.22. The number of rotatable bonds is 6. The summed E-state index contributed by atoms with van der Waals surface area (Å²) in [5.74, 6) is -0.0424. The van der Waals surface area contributed by atoms with Gasteiger partial charge in [-0.3, -0.25) is 9.52 Å². The Hall–Kier alpha value is -1.97. The number of fused-ring (bicyclic) bond motifs is 1. The first kappa shape index (κ1) is 17.8. The molecule has 0 bridgehead atoms. The highest BCUT2D eigenvalue weighted by atomic mass is 32.2. The number of hydrogen-bond donors (Lipinski definition) is 1. The van der Waals surface area contributed by atoms with E-state index < -0.39 is 10.0 Å². The van der Waals surface area contributed by atoms with Crippen LogP contribution in [0.5, 0.6) is 0 Å². The predicted molar refractivity (Wildman–Crippen MR) is 102 cm³/mol. The van der Waals surface area contributed by atoms with E-state index in [-0.39, 0.29) is 11.0 Å². The first-order chi connectivity index (χ1) is 11.8. The molecule has 3 aromatic rings. The fourth-order valence-corrected chi connectivity index (χ4v) is 4.70. The average molecular weight is 394 g/mol. The maximum Gasteiger partial charge on any atom is 0.229 e. The molecule has 0 spiro atoms. The molecule has 1 N–H and O–H groups in total. The maximum absolute atomic E-state index is 12.6. The maximum atomic E-state index is 12.6. The quantitative estimate of drug-likeness (QED) is 0.392. The Morgan fingerprint density at radius 1 is 1.20 bits per heavy atom. The smallest absolute Gasteiger partial charge is 0.229 e. The lowest BCUT2D eigenvalue weighted by atomic mass is 10.1. The first-order valence-electron chi connectivity index (χ1n) is 7.30. The molecule has 0 radical (unpaired) electrons. The number of sulfonamides is 1. The molecule has 0 aliphatic carbocycles. The Balaban J connectivity index is 1.75. The zero-order valence-electron chi connectivity index (χ0n) is 13.5. The molecule has 130 valence electrons. The van der Waals surface area contributed by atoms with E-state index in [0.717, 1.165) is 21.5 Å². The number of anilines is 1. The van der Waals surface area contributed by atoms with Gasteiger partial charge in [0.1, 0.15) is 11.4 Å². The van der Waals surface area contributed by atoms with Crippen LogP contribution in [0, 0.1) is 0 Å². The summed E-state index contributed by atoms with van der Waals surface area (Å²) in [7, 11) is -3.33. The number of aromatic nitrogens is 2. The van der Waals surface area contributed by atoms with Gasteiger partial charge in [-0.1, -0.05) is 11.8 Å². The van der Waals surface area contributed by atoms with Crippen LogP contribution >= 0.6 is 23.1 Å². The van der Waals surface area contributed by atoms with Crippen LogP contribution in [0.3, 0.4) is 0 Å². The molecule has 25 heavy (non-hydrogen) atoms. The van der Waals surface area contributed by atoms with E-state index >= 15 is 0 Å². The molecule has 0 amide bonds. The molecule has 1 atom stereocenters. The van der Waals surface area contributed by atoms with Crippen molar-refractivity contribution < 1.29 is 13.2 Å². The molecule has 0 aliphatic rings. The molecule has 0 fully saturated rings. The molecule has 3 rings (SSSR count). The summed E-state index contributed by atoms with van der Waals surface area (Å²) in [4.78, 5) is 21.1. The van der Waals surface area contributed by atoms with Gasteiger partial charge in [-0.25, -0.2) is 18.4 Å². The number of hydrogen-bond acceptors (Lipinski definition) is 7. The van der Waals surface area contributed by atoms with Gasteiger partial charge in [0.2, 0.25) is 10.0 Å². The van der Waals surface area contributed by atoms with Crippen LogP contribution in [0.15, 0.2) is 47.1 Å². The summed E-state index contributed by atoms with van der Waals surface area (Å²) in [6.45, 7) is 1.83. The fraction of sp³-hybridized carbons (Fsp3) is 0.188. The summed E-state index contributed by atoms with van der Waals surface area (Å²) in [6.07, 6.45) is 2.58. The second-order valence-electron chi connectivity index (χ2n) is 5.39. The normalized spacial score (nSPS) is 12.9. The first-order valence-corrected chi connectivity index (χ1v) is 11.0. The number of thioether (sulfide) groups is 1. The zero-order chi connectivity index (χ0) is 18.0. The van der Waals surface area contributed by atoms with E-state index in [4.69, 9.17) is 0 Å². The van der Waals surface area contributed by atoms with Gasteiger partial charge in [0, 0.05) is 11.3 Å². The van der Waals surface area contributed by atoms with Gasteiger partial charge in [0.25, 0.3) is 0 Å². The van der Waals surface area contributed by atoms with E-state index in [1.165, 1.54) is 18.1 Å². The molecule has 6 nitrogen and oxygen atoms in total. The van der Waals surface area contributed by atoms with Crippen molar-refractivity contribution in [2.75, 3.05) is 11.0 Å². The molecule has 0 saturated carbocycles. The second kappa shape index (κ2) is 7.11. The predicted octanol–water partition coefficient (Wildman–Crippen LogP) is 3.43. The minimum absolute atomic E-state index is 0.0424. The summed E-state index contributed by atoms with van der Waals surface area (Å²) in [6, 6.07) is 8.31. The third-order valence-electron chi connectivity index (χ3n) is 3.34. The van der Waals surface area contributed by atoms with Gasteiger partial charge in [-0.05, 0) is 42.6 Å². The minimum Gasteiger partial charge on any atom is -0.293 e. The zero-order valence-corrected chi connectivity index (χ0v) is 15.9. The lowest BCUT2D eigenvalue weighted by Gasteiger charge is -2.11. The van der Waals surface area contributed by atoms with Crippen molar-refractivity contribution in [2.24, 2.45) is 0 Å². The van der Waals surface area contributed by atoms with Gasteiger partial charge >= 0.3 is 0 Å². The van der Waals surface area contributed by atoms with Crippen molar-refractivity contribution in [3.05, 3.63) is 47.6 Å². The van der Waals surface area contributed by atoms with Crippen LogP contribution < -0.4 is 4.72 Å². The van der Waals surface area contributed by atoms with Crippen molar-refractivity contribution >= 4 is 54.8 Å². The number of nitrogens with one attached hydrogen (secondary N) is 1. The van der Waals surface area contributed by atoms with E-state index in [0.29, 0.717) is 11.3 Å². The molecule has 1 unspecified atom stereocenters. The Bertz CT molecular complexity index is 1010. The van der Waals surface area contributed by atoms with Crippen molar-refractivity contribution in [3.8, 4) is 0 Å². The number of Topliss-reactive ketones (excluding diaryl/α,β-unsaturated/α-hetero) is 1. The van der Waals surface area contributed by atoms with Crippen LogP contribution in [0.1, 0.15) is 17.3 Å². The molecule has 0 saturated heterocycles. The van der Waals surface area contributed by atoms with Gasteiger partial charge in [-0.2, -0.15) is 0 Å². The lowest BCUT2D eigenvalue weighted by molar-refractivity contribution is 0.0994. The highest BCUT2D eigenvalue weighted by Crippen LogP contribution is 2.32. The highest BCUT2D eigenvalue weighted by molar-refractivity contribution is 8.00. The summed E-state index contributed by atoms with van der Waals surface area (Å²) >= 11 is 2.94. The summed E-state index contributed by atoms with van der Waals surface area (Å²) < 4.78 is 25.8. The standard InChI is InChI=1S/C16H15N3O3S3/c1-10(24-16-15-13(7-8-23-15)17-9-18-16)14(20)11-3-5-12(6-4-11)19-25(2,21)22/h3-10,19H,1-2H3. The number of benzene rings is 1. The molecular formula is C16H15N3O3S3.